The monoisotopic (exact) mass is 282 g/mol. The first-order valence-corrected chi connectivity index (χ1v) is 6.08. The molecule has 3 aromatic heterocycles. The van der Waals surface area contributed by atoms with Gasteiger partial charge in [-0.1, -0.05) is 12.1 Å². The van der Waals surface area contributed by atoms with Crippen molar-refractivity contribution < 1.29 is 4.39 Å². The molecule has 0 aliphatic rings. The van der Waals surface area contributed by atoms with Gasteiger partial charge >= 0.3 is 5.69 Å². The van der Waals surface area contributed by atoms with E-state index in [4.69, 9.17) is 0 Å². The van der Waals surface area contributed by atoms with Crippen LogP contribution in [0.3, 0.4) is 0 Å². The molecule has 0 radical (unpaired) electrons. The second-order valence-corrected chi connectivity index (χ2v) is 4.37. The largest absolute Gasteiger partial charge is 0.349 e. The molecular formula is C13H7FN6O. The number of benzene rings is 1. The summed E-state index contributed by atoms with van der Waals surface area (Å²) >= 11 is 0. The minimum atomic E-state index is -0.494. The van der Waals surface area contributed by atoms with Gasteiger partial charge < -0.3 is 0 Å². The van der Waals surface area contributed by atoms with Crippen molar-refractivity contribution in [3.8, 4) is 11.4 Å². The Bertz CT molecular complexity index is 1040. The highest BCUT2D eigenvalue weighted by Gasteiger charge is 2.14. The zero-order valence-electron chi connectivity index (χ0n) is 10.5. The number of rotatable bonds is 1. The van der Waals surface area contributed by atoms with Crippen molar-refractivity contribution >= 4 is 16.7 Å². The molecule has 0 saturated carbocycles. The lowest BCUT2D eigenvalue weighted by Gasteiger charge is -1.95. The molecule has 4 rings (SSSR count). The lowest BCUT2D eigenvalue weighted by atomic mass is 10.2. The minimum absolute atomic E-state index is 0.134. The Labute approximate surface area is 116 Å². The normalized spacial score (nSPS) is 11.3. The van der Waals surface area contributed by atoms with Gasteiger partial charge in [0.25, 0.3) is 0 Å². The van der Waals surface area contributed by atoms with E-state index in [1.165, 1.54) is 18.6 Å². The first-order chi connectivity index (χ1) is 10.2. The van der Waals surface area contributed by atoms with Crippen LogP contribution in [0.25, 0.3) is 28.1 Å². The molecule has 0 spiro atoms. The van der Waals surface area contributed by atoms with Crippen LogP contribution in [0.15, 0.2) is 41.6 Å². The van der Waals surface area contributed by atoms with Crippen molar-refractivity contribution in [2.24, 2.45) is 0 Å². The smallest absolute Gasteiger partial charge is 0.290 e. The van der Waals surface area contributed by atoms with Crippen LogP contribution >= 0.6 is 0 Å². The van der Waals surface area contributed by atoms with E-state index in [9.17, 15) is 9.18 Å². The van der Waals surface area contributed by atoms with Crippen LogP contribution in [-0.2, 0) is 0 Å². The Balaban J connectivity index is 2.11. The molecule has 0 aliphatic heterocycles. The van der Waals surface area contributed by atoms with Gasteiger partial charge in [-0.2, -0.15) is 4.52 Å². The number of nitrogens with zero attached hydrogens (tertiary/aromatic N) is 5. The summed E-state index contributed by atoms with van der Waals surface area (Å²) in [6, 6.07) is 6.11. The summed E-state index contributed by atoms with van der Waals surface area (Å²) in [5.41, 5.74) is 0.375. The molecule has 0 saturated heterocycles. The van der Waals surface area contributed by atoms with Crippen LogP contribution in [-0.4, -0.2) is 29.5 Å². The molecule has 0 atom stereocenters. The first kappa shape index (κ1) is 11.6. The maximum absolute atomic E-state index is 13.8. The molecule has 7 nitrogen and oxygen atoms in total. The predicted molar refractivity (Wildman–Crippen MR) is 72.1 cm³/mol. The highest BCUT2D eigenvalue weighted by molar-refractivity contribution is 5.88. The first-order valence-electron chi connectivity index (χ1n) is 6.08. The third kappa shape index (κ3) is 1.69. The number of hydrogen-bond donors (Lipinski definition) is 1. The second-order valence-electron chi connectivity index (χ2n) is 4.37. The number of aromatic nitrogens is 6. The van der Waals surface area contributed by atoms with E-state index in [0.29, 0.717) is 11.0 Å². The van der Waals surface area contributed by atoms with Crippen molar-refractivity contribution in [3.63, 3.8) is 0 Å². The molecule has 0 unspecified atom stereocenters. The molecule has 0 bridgehead atoms. The Morgan fingerprint density at radius 2 is 2.10 bits per heavy atom. The standard InChI is InChI=1S/C13H7FN6O/c14-9-4-2-1-3-7(9)11-17-12-8-5-15-6-16-10(8)18-13(21)20(12)19-11/h1-6H,(H,15,16,18,21). The van der Waals surface area contributed by atoms with Crippen molar-refractivity contribution in [1.82, 2.24) is 29.5 Å². The van der Waals surface area contributed by atoms with Crippen molar-refractivity contribution in [3.05, 3.63) is 53.1 Å². The summed E-state index contributed by atoms with van der Waals surface area (Å²) in [5, 5.41) is 4.59. The van der Waals surface area contributed by atoms with Crippen molar-refractivity contribution in [1.29, 1.82) is 0 Å². The van der Waals surface area contributed by atoms with Crippen LogP contribution in [0.4, 0.5) is 4.39 Å². The Morgan fingerprint density at radius 3 is 2.95 bits per heavy atom. The molecule has 0 amide bonds. The lowest BCUT2D eigenvalue weighted by molar-refractivity contribution is 0.630. The highest BCUT2D eigenvalue weighted by atomic mass is 19.1. The Morgan fingerprint density at radius 1 is 1.24 bits per heavy atom. The Kier molecular flexibility index (Phi) is 2.31. The summed E-state index contributed by atoms with van der Waals surface area (Å²) in [6.07, 6.45) is 2.84. The number of aromatic amines is 1. The number of hydrogen-bond acceptors (Lipinski definition) is 5. The van der Waals surface area contributed by atoms with Gasteiger partial charge in [0.1, 0.15) is 17.8 Å². The lowest BCUT2D eigenvalue weighted by Crippen LogP contribution is -2.18. The SMILES string of the molecule is O=c1[nH]c2ncncc2c2nc(-c3ccccc3F)nn12. The van der Waals surface area contributed by atoms with Gasteiger partial charge in [0.05, 0.1) is 10.9 Å². The number of fused-ring (bicyclic) bond motifs is 3. The zero-order valence-corrected chi connectivity index (χ0v) is 10.5. The van der Waals surface area contributed by atoms with Crippen LogP contribution in [0, 0.1) is 5.82 Å². The average Bonchev–Trinajstić information content (AvgIpc) is 2.94. The van der Waals surface area contributed by atoms with E-state index in [1.54, 1.807) is 18.2 Å². The molecule has 0 aliphatic carbocycles. The van der Waals surface area contributed by atoms with Crippen molar-refractivity contribution in [2.75, 3.05) is 0 Å². The summed E-state index contributed by atoms with van der Waals surface area (Å²) in [7, 11) is 0. The van der Waals surface area contributed by atoms with E-state index < -0.39 is 11.5 Å². The molecule has 8 heteroatoms. The number of H-pyrrole nitrogens is 1. The van der Waals surface area contributed by atoms with E-state index in [-0.39, 0.29) is 17.0 Å². The summed E-state index contributed by atoms with van der Waals surface area (Å²) < 4.78 is 14.9. The van der Waals surface area contributed by atoms with Crippen LogP contribution in [0.2, 0.25) is 0 Å². The van der Waals surface area contributed by atoms with E-state index in [0.717, 1.165) is 4.52 Å². The molecule has 3 heterocycles. The van der Waals surface area contributed by atoms with Gasteiger partial charge in [-0.05, 0) is 12.1 Å². The summed E-state index contributed by atoms with van der Waals surface area (Å²) in [4.78, 5) is 26.7. The van der Waals surface area contributed by atoms with Gasteiger partial charge in [0.2, 0.25) is 0 Å². The van der Waals surface area contributed by atoms with Gasteiger partial charge in [-0.15, -0.1) is 5.10 Å². The fourth-order valence-electron chi connectivity index (χ4n) is 2.13. The number of halogens is 1. The maximum atomic E-state index is 13.8. The molecule has 0 fully saturated rings. The highest BCUT2D eigenvalue weighted by Crippen LogP contribution is 2.20. The second kappa shape index (κ2) is 4.17. The third-order valence-electron chi connectivity index (χ3n) is 3.09. The van der Waals surface area contributed by atoms with Gasteiger partial charge in [0, 0.05) is 6.20 Å². The zero-order chi connectivity index (χ0) is 14.4. The van der Waals surface area contributed by atoms with E-state index >= 15 is 0 Å². The number of nitrogens with one attached hydrogen (secondary N) is 1. The van der Waals surface area contributed by atoms with Gasteiger partial charge in [-0.3, -0.25) is 4.98 Å². The van der Waals surface area contributed by atoms with Gasteiger partial charge in [0.15, 0.2) is 11.5 Å². The fraction of sp³-hybridized carbons (Fsp3) is 0. The minimum Gasteiger partial charge on any atom is -0.290 e. The predicted octanol–water partition coefficient (Wildman–Crippen LogP) is 1.17. The van der Waals surface area contributed by atoms with E-state index in [1.807, 2.05) is 0 Å². The third-order valence-corrected chi connectivity index (χ3v) is 3.09. The van der Waals surface area contributed by atoms with Crippen LogP contribution in [0.5, 0.6) is 0 Å². The quantitative estimate of drug-likeness (QED) is 0.566. The molecule has 21 heavy (non-hydrogen) atoms. The summed E-state index contributed by atoms with van der Waals surface area (Å²) in [5.74, 6) is -0.319. The Hall–Kier alpha value is -3.16. The molecule has 1 aromatic carbocycles. The molecule has 1 N–H and O–H groups in total. The molecule has 4 aromatic rings. The molecule has 102 valence electrons. The summed E-state index contributed by atoms with van der Waals surface area (Å²) in [6.45, 7) is 0. The molecular weight excluding hydrogens is 275 g/mol. The van der Waals surface area contributed by atoms with Gasteiger partial charge in [-0.25, -0.2) is 24.1 Å². The average molecular weight is 282 g/mol. The van der Waals surface area contributed by atoms with Crippen molar-refractivity contribution in [2.45, 2.75) is 0 Å². The van der Waals surface area contributed by atoms with Crippen LogP contribution in [0.1, 0.15) is 0 Å². The fourth-order valence-corrected chi connectivity index (χ4v) is 2.13. The topological polar surface area (TPSA) is 88.8 Å². The van der Waals surface area contributed by atoms with Crippen LogP contribution < -0.4 is 5.69 Å². The van der Waals surface area contributed by atoms with E-state index in [2.05, 4.69) is 25.0 Å². The maximum Gasteiger partial charge on any atom is 0.349 e.